The predicted octanol–water partition coefficient (Wildman–Crippen LogP) is 3.28. The molecule has 26 heavy (non-hydrogen) atoms. The van der Waals surface area contributed by atoms with Gasteiger partial charge in [-0.2, -0.15) is 18.2 Å². The van der Waals surface area contributed by atoms with Crippen LogP contribution in [-0.4, -0.2) is 34.4 Å². The third-order valence-corrected chi connectivity index (χ3v) is 2.99. The van der Waals surface area contributed by atoms with Gasteiger partial charge in [0.1, 0.15) is 6.10 Å². The predicted molar refractivity (Wildman–Crippen MR) is 86.4 cm³/mol. The summed E-state index contributed by atoms with van der Waals surface area (Å²) in [5.41, 5.74) is 0.610. The second-order valence-electron chi connectivity index (χ2n) is 5.67. The van der Waals surface area contributed by atoms with Crippen LogP contribution in [0.5, 0.6) is 0 Å². The number of nitrogens with zero attached hydrogens (tertiary/aromatic N) is 3. The first-order chi connectivity index (χ1) is 12.2. The molecule has 0 bridgehead atoms. The third-order valence-electron chi connectivity index (χ3n) is 2.99. The van der Waals surface area contributed by atoms with E-state index in [2.05, 4.69) is 25.1 Å². The van der Waals surface area contributed by atoms with Crippen molar-refractivity contribution in [1.29, 1.82) is 0 Å². The lowest BCUT2D eigenvalue weighted by molar-refractivity contribution is -0.159. The van der Waals surface area contributed by atoms with Gasteiger partial charge in [-0.1, -0.05) is 22.4 Å². The van der Waals surface area contributed by atoms with Crippen molar-refractivity contribution in [2.75, 3.05) is 0 Å². The topological polar surface area (TPSA) is 89.6 Å². The number of halogens is 3. The van der Waals surface area contributed by atoms with E-state index in [9.17, 15) is 18.0 Å². The second kappa shape index (κ2) is 7.98. The number of hydrogen-bond acceptors (Lipinski definition) is 6. The van der Waals surface area contributed by atoms with Crippen molar-refractivity contribution in [2.24, 2.45) is 5.16 Å². The van der Waals surface area contributed by atoms with Crippen LogP contribution in [0.1, 0.15) is 37.0 Å². The number of rotatable bonds is 6. The molecule has 1 amide bonds. The minimum Gasteiger partial charge on any atom is -0.393 e. The fraction of sp³-hybridized carbons (Fsp3) is 0.375. The lowest BCUT2D eigenvalue weighted by Gasteiger charge is -2.09. The normalized spacial score (nSPS) is 13.2. The first-order valence-electron chi connectivity index (χ1n) is 7.68. The molecular formula is C16H17F3N4O3. The molecule has 2 rings (SSSR count). The average Bonchev–Trinajstić information content (AvgIpc) is 3.05. The molecule has 10 heteroatoms. The van der Waals surface area contributed by atoms with Crippen molar-refractivity contribution in [3.05, 3.63) is 35.7 Å². The Morgan fingerprint density at radius 2 is 1.92 bits per heavy atom. The van der Waals surface area contributed by atoms with Crippen LogP contribution in [0.4, 0.5) is 13.2 Å². The Balaban J connectivity index is 2.01. The molecule has 0 saturated carbocycles. The van der Waals surface area contributed by atoms with Gasteiger partial charge >= 0.3 is 12.1 Å². The number of benzene rings is 1. The van der Waals surface area contributed by atoms with Crippen LogP contribution in [0, 0.1) is 0 Å². The van der Waals surface area contributed by atoms with E-state index in [4.69, 9.17) is 4.84 Å². The average molecular weight is 370 g/mol. The van der Waals surface area contributed by atoms with E-state index in [0.717, 1.165) is 0 Å². The van der Waals surface area contributed by atoms with E-state index in [-0.39, 0.29) is 23.9 Å². The van der Waals surface area contributed by atoms with Crippen LogP contribution in [0.25, 0.3) is 11.4 Å². The number of oxime groups is 1. The minimum absolute atomic E-state index is 0.0651. The Hall–Kier alpha value is -2.91. The van der Waals surface area contributed by atoms with Crippen LogP contribution >= 0.6 is 0 Å². The molecule has 0 saturated heterocycles. The lowest BCUT2D eigenvalue weighted by atomic mass is 10.1. The van der Waals surface area contributed by atoms with Gasteiger partial charge in [-0.05, 0) is 32.9 Å². The molecule has 2 aromatic rings. The standard InChI is InChI=1S/C16H17F3N4O3/c1-9(2)25-20-8-10(3)21-14(24)12-6-4-11(5-7-12)13-22-15(26-23-13)16(17,18)19/h4-10H,1-3H3,(H,21,24). The first-order valence-corrected chi connectivity index (χ1v) is 7.68. The Morgan fingerprint density at radius 3 is 2.46 bits per heavy atom. The molecule has 1 unspecified atom stereocenters. The van der Waals surface area contributed by atoms with E-state index in [1.54, 1.807) is 6.92 Å². The molecule has 0 aliphatic carbocycles. The summed E-state index contributed by atoms with van der Waals surface area (Å²) in [5, 5.41) is 9.71. The zero-order chi connectivity index (χ0) is 19.3. The maximum absolute atomic E-state index is 12.5. The van der Waals surface area contributed by atoms with Gasteiger partial charge in [0.2, 0.25) is 5.82 Å². The molecule has 0 aliphatic heterocycles. The molecule has 1 aromatic heterocycles. The Kier molecular flexibility index (Phi) is 5.96. The van der Waals surface area contributed by atoms with Crippen molar-refractivity contribution >= 4 is 12.1 Å². The number of amides is 1. The van der Waals surface area contributed by atoms with Gasteiger partial charge < -0.3 is 14.7 Å². The molecule has 0 radical (unpaired) electrons. The maximum atomic E-state index is 12.5. The summed E-state index contributed by atoms with van der Waals surface area (Å²) >= 11 is 0. The molecule has 1 atom stereocenters. The van der Waals surface area contributed by atoms with Gasteiger partial charge in [-0.15, -0.1) is 0 Å². The van der Waals surface area contributed by atoms with E-state index in [0.29, 0.717) is 11.1 Å². The van der Waals surface area contributed by atoms with Crippen molar-refractivity contribution in [1.82, 2.24) is 15.5 Å². The van der Waals surface area contributed by atoms with Gasteiger partial charge in [-0.3, -0.25) is 4.79 Å². The monoisotopic (exact) mass is 370 g/mol. The van der Waals surface area contributed by atoms with Crippen molar-refractivity contribution in [3.63, 3.8) is 0 Å². The zero-order valence-electron chi connectivity index (χ0n) is 14.2. The zero-order valence-corrected chi connectivity index (χ0v) is 14.2. The molecular weight excluding hydrogens is 353 g/mol. The number of hydrogen-bond donors (Lipinski definition) is 1. The summed E-state index contributed by atoms with van der Waals surface area (Å²) in [6.07, 6.45) is -3.32. The summed E-state index contributed by atoms with van der Waals surface area (Å²) < 4.78 is 41.6. The summed E-state index contributed by atoms with van der Waals surface area (Å²) in [5.74, 6) is -2.01. The highest BCUT2D eigenvalue weighted by Gasteiger charge is 2.38. The minimum atomic E-state index is -4.71. The van der Waals surface area contributed by atoms with Gasteiger partial charge in [0.25, 0.3) is 5.91 Å². The number of aromatic nitrogens is 2. The van der Waals surface area contributed by atoms with Crippen molar-refractivity contribution < 1.29 is 27.3 Å². The van der Waals surface area contributed by atoms with Crippen molar-refractivity contribution in [3.8, 4) is 11.4 Å². The number of alkyl halides is 3. The Labute approximate surface area is 147 Å². The SMILES string of the molecule is CC(C=NOC(C)C)NC(=O)c1ccc(-c2noc(C(F)(F)F)n2)cc1. The fourth-order valence-corrected chi connectivity index (χ4v) is 1.80. The molecule has 0 fully saturated rings. The molecule has 7 nitrogen and oxygen atoms in total. The molecule has 1 heterocycles. The Morgan fingerprint density at radius 1 is 1.27 bits per heavy atom. The number of nitrogens with one attached hydrogen (secondary N) is 1. The van der Waals surface area contributed by atoms with Crippen molar-refractivity contribution in [2.45, 2.75) is 39.1 Å². The third kappa shape index (κ3) is 5.30. The fourth-order valence-electron chi connectivity index (χ4n) is 1.80. The quantitative estimate of drug-likeness (QED) is 0.623. The van der Waals surface area contributed by atoms with Gasteiger partial charge in [-0.25, -0.2) is 0 Å². The highest BCUT2D eigenvalue weighted by molar-refractivity contribution is 5.96. The van der Waals surface area contributed by atoms with Gasteiger partial charge in [0.05, 0.1) is 12.3 Å². The molecule has 1 aromatic carbocycles. The van der Waals surface area contributed by atoms with E-state index >= 15 is 0 Å². The summed E-state index contributed by atoms with van der Waals surface area (Å²) in [6, 6.07) is 5.39. The van der Waals surface area contributed by atoms with Gasteiger partial charge in [0, 0.05) is 11.1 Å². The molecule has 0 spiro atoms. The maximum Gasteiger partial charge on any atom is 0.471 e. The number of carbonyl (C=O) groups is 1. The van der Waals surface area contributed by atoms with Crippen LogP contribution in [0.3, 0.4) is 0 Å². The van der Waals surface area contributed by atoms with Crippen LogP contribution in [-0.2, 0) is 11.0 Å². The summed E-state index contributed by atoms with van der Waals surface area (Å²) in [7, 11) is 0. The van der Waals surface area contributed by atoms with Crippen LogP contribution < -0.4 is 5.32 Å². The largest absolute Gasteiger partial charge is 0.471 e. The lowest BCUT2D eigenvalue weighted by Crippen LogP contribution is -2.33. The van der Waals surface area contributed by atoms with Crippen LogP contribution in [0.2, 0.25) is 0 Å². The second-order valence-corrected chi connectivity index (χ2v) is 5.67. The Bertz CT molecular complexity index is 770. The molecule has 140 valence electrons. The van der Waals surface area contributed by atoms with E-state index < -0.39 is 12.1 Å². The summed E-state index contributed by atoms with van der Waals surface area (Å²) in [6.45, 7) is 5.37. The van der Waals surface area contributed by atoms with Crippen LogP contribution in [0.15, 0.2) is 33.9 Å². The summed E-state index contributed by atoms with van der Waals surface area (Å²) in [4.78, 5) is 20.4. The van der Waals surface area contributed by atoms with E-state index in [1.165, 1.54) is 30.5 Å². The number of carbonyl (C=O) groups excluding carboxylic acids is 1. The highest BCUT2D eigenvalue weighted by atomic mass is 19.4. The highest BCUT2D eigenvalue weighted by Crippen LogP contribution is 2.29. The van der Waals surface area contributed by atoms with E-state index in [1.807, 2.05) is 13.8 Å². The first kappa shape index (κ1) is 19.4. The molecule has 0 aliphatic rings. The smallest absolute Gasteiger partial charge is 0.393 e. The molecule has 1 N–H and O–H groups in total. The van der Waals surface area contributed by atoms with Gasteiger partial charge in [0.15, 0.2) is 0 Å².